The van der Waals surface area contributed by atoms with Crippen LogP contribution in [-0.4, -0.2) is 41.1 Å². The third-order valence-corrected chi connectivity index (χ3v) is 7.04. The number of nitrogens with one attached hydrogen (secondary N) is 2. The third-order valence-electron chi connectivity index (χ3n) is 6.17. The predicted octanol–water partition coefficient (Wildman–Crippen LogP) is 4.50. The Kier molecular flexibility index (Phi) is 7.95. The highest BCUT2D eigenvalue weighted by atomic mass is 32.1. The number of thiophene rings is 1. The smallest absolute Gasteiger partial charge is 0.247 e. The zero-order valence-electron chi connectivity index (χ0n) is 19.6. The molecule has 1 aliphatic heterocycles. The minimum Gasteiger partial charge on any atom is -0.371 e. The van der Waals surface area contributed by atoms with Gasteiger partial charge in [0.15, 0.2) is 0 Å². The molecule has 34 heavy (non-hydrogen) atoms. The summed E-state index contributed by atoms with van der Waals surface area (Å²) < 4.78 is 5.27. The van der Waals surface area contributed by atoms with Gasteiger partial charge in [0.25, 0.3) is 0 Å². The number of hydrogen-bond acceptors (Lipinski definition) is 7. The maximum atomic E-state index is 13.1. The van der Waals surface area contributed by atoms with Crippen LogP contribution in [0.1, 0.15) is 45.4 Å². The Balaban J connectivity index is 1.34. The molecule has 0 bridgehead atoms. The topological polar surface area (TPSA) is 100 Å². The summed E-state index contributed by atoms with van der Waals surface area (Å²) in [5, 5.41) is 11.8. The summed E-state index contributed by atoms with van der Waals surface area (Å²) in [4.78, 5) is 33.4. The van der Waals surface area contributed by atoms with Gasteiger partial charge in [0.05, 0.1) is 4.88 Å². The van der Waals surface area contributed by atoms with Crippen LogP contribution in [0, 0.1) is 5.92 Å². The molecule has 0 aliphatic carbocycles. The molecule has 3 aromatic rings. The Morgan fingerprint density at radius 2 is 2.03 bits per heavy atom. The summed E-state index contributed by atoms with van der Waals surface area (Å²) in [5.74, 6) is 0.487. The summed E-state index contributed by atoms with van der Waals surface area (Å²) in [6, 6.07) is 11.1. The molecule has 180 valence electrons. The monoisotopic (exact) mass is 481 g/mol. The number of hydrogen-bond donors (Lipinski definition) is 2. The summed E-state index contributed by atoms with van der Waals surface area (Å²) >= 11 is 1.53. The summed E-state index contributed by atoms with van der Waals surface area (Å²) in [6.45, 7) is 6.06. The van der Waals surface area contributed by atoms with Crippen LogP contribution in [-0.2, 0) is 16.0 Å². The van der Waals surface area contributed by atoms with Gasteiger partial charge in [-0.3, -0.25) is 9.59 Å². The number of carbonyl (C=O) groups is 2. The molecule has 8 nitrogen and oxygen atoms in total. The normalized spacial score (nSPS) is 15.2. The highest BCUT2D eigenvalue weighted by molar-refractivity contribution is 7.13. The lowest BCUT2D eigenvalue weighted by Crippen LogP contribution is -2.47. The minimum atomic E-state index is -0.627. The van der Waals surface area contributed by atoms with Crippen molar-refractivity contribution in [1.29, 1.82) is 0 Å². The van der Waals surface area contributed by atoms with Gasteiger partial charge in [-0.1, -0.05) is 37.6 Å². The van der Waals surface area contributed by atoms with E-state index in [-0.39, 0.29) is 24.2 Å². The van der Waals surface area contributed by atoms with E-state index in [4.69, 9.17) is 4.52 Å². The molecule has 2 aromatic heterocycles. The average molecular weight is 482 g/mol. The van der Waals surface area contributed by atoms with Crippen LogP contribution in [0.25, 0.3) is 10.7 Å². The van der Waals surface area contributed by atoms with Crippen LogP contribution in [0.3, 0.4) is 0 Å². The molecular formula is C25H31N5O3S. The second kappa shape index (κ2) is 11.3. The van der Waals surface area contributed by atoms with E-state index in [0.717, 1.165) is 35.8 Å². The first kappa shape index (κ1) is 23.9. The standard InChI is InChI=1S/C25H31N5O3S/c1-3-17(2)23(25(32)26-18-8-6-9-19(16-18)30-13-4-5-14-30)27-21(31)11-12-22-28-24(29-33-22)20-10-7-15-34-20/h6-10,15-17,23H,3-5,11-14H2,1-2H3,(H,26,32)(H,27,31). The molecule has 2 amide bonds. The van der Waals surface area contributed by atoms with Crippen molar-refractivity contribution in [3.8, 4) is 10.7 Å². The Labute approximate surface area is 203 Å². The molecule has 9 heteroatoms. The zero-order valence-corrected chi connectivity index (χ0v) is 20.4. The second-order valence-electron chi connectivity index (χ2n) is 8.65. The molecule has 2 unspecified atom stereocenters. The van der Waals surface area contributed by atoms with Crippen molar-refractivity contribution in [1.82, 2.24) is 15.5 Å². The minimum absolute atomic E-state index is 0.0143. The highest BCUT2D eigenvalue weighted by Crippen LogP contribution is 2.24. The molecule has 2 atom stereocenters. The van der Waals surface area contributed by atoms with Gasteiger partial charge in [0.1, 0.15) is 6.04 Å². The first-order valence-electron chi connectivity index (χ1n) is 11.8. The molecule has 1 aliphatic rings. The number of aromatic nitrogens is 2. The predicted molar refractivity (Wildman–Crippen MR) is 134 cm³/mol. The molecule has 0 spiro atoms. The van der Waals surface area contributed by atoms with E-state index >= 15 is 0 Å². The van der Waals surface area contributed by atoms with Gasteiger partial charge in [-0.25, -0.2) is 0 Å². The van der Waals surface area contributed by atoms with Crippen molar-refractivity contribution in [3.05, 3.63) is 47.7 Å². The van der Waals surface area contributed by atoms with E-state index in [1.165, 1.54) is 24.2 Å². The van der Waals surface area contributed by atoms with Gasteiger partial charge in [-0.05, 0) is 48.4 Å². The number of rotatable bonds is 10. The van der Waals surface area contributed by atoms with E-state index in [0.29, 0.717) is 18.1 Å². The van der Waals surface area contributed by atoms with Crippen molar-refractivity contribution in [2.75, 3.05) is 23.3 Å². The lowest BCUT2D eigenvalue weighted by molar-refractivity contribution is -0.127. The maximum absolute atomic E-state index is 13.1. The van der Waals surface area contributed by atoms with Crippen LogP contribution >= 0.6 is 11.3 Å². The quantitative estimate of drug-likeness (QED) is 0.442. The Morgan fingerprint density at radius 3 is 2.76 bits per heavy atom. The second-order valence-corrected chi connectivity index (χ2v) is 9.60. The summed E-state index contributed by atoms with van der Waals surface area (Å²) in [5.41, 5.74) is 1.85. The van der Waals surface area contributed by atoms with Gasteiger partial charge >= 0.3 is 0 Å². The first-order chi connectivity index (χ1) is 16.5. The van der Waals surface area contributed by atoms with E-state index in [9.17, 15) is 9.59 Å². The van der Waals surface area contributed by atoms with Gasteiger partial charge in [0.2, 0.25) is 23.5 Å². The molecule has 1 aromatic carbocycles. The number of aryl methyl sites for hydroxylation is 1. The van der Waals surface area contributed by atoms with Gasteiger partial charge < -0.3 is 20.1 Å². The van der Waals surface area contributed by atoms with Crippen molar-refractivity contribution in [3.63, 3.8) is 0 Å². The number of anilines is 2. The van der Waals surface area contributed by atoms with Crippen LogP contribution < -0.4 is 15.5 Å². The summed E-state index contributed by atoms with van der Waals surface area (Å²) in [7, 11) is 0. The number of amides is 2. The maximum Gasteiger partial charge on any atom is 0.247 e. The van der Waals surface area contributed by atoms with Crippen molar-refractivity contribution < 1.29 is 14.1 Å². The third kappa shape index (κ3) is 6.02. The molecular weight excluding hydrogens is 450 g/mol. The fourth-order valence-corrected chi connectivity index (χ4v) is 4.66. The molecule has 3 heterocycles. The molecule has 1 saturated heterocycles. The van der Waals surface area contributed by atoms with Crippen molar-refractivity contribution in [2.45, 2.75) is 52.0 Å². The highest BCUT2D eigenvalue weighted by Gasteiger charge is 2.26. The largest absolute Gasteiger partial charge is 0.371 e. The van der Waals surface area contributed by atoms with Gasteiger partial charge in [-0.15, -0.1) is 11.3 Å². The van der Waals surface area contributed by atoms with Crippen LogP contribution in [0.15, 0.2) is 46.3 Å². The van der Waals surface area contributed by atoms with Gasteiger partial charge in [0, 0.05) is 37.3 Å². The van der Waals surface area contributed by atoms with Gasteiger partial charge in [-0.2, -0.15) is 4.98 Å². The van der Waals surface area contributed by atoms with Crippen LogP contribution in [0.4, 0.5) is 11.4 Å². The van der Waals surface area contributed by atoms with Crippen molar-refractivity contribution in [2.24, 2.45) is 5.92 Å². The van der Waals surface area contributed by atoms with E-state index in [1.54, 1.807) is 0 Å². The Morgan fingerprint density at radius 1 is 1.21 bits per heavy atom. The number of carbonyl (C=O) groups excluding carboxylic acids is 2. The van der Waals surface area contributed by atoms with Crippen LogP contribution in [0.5, 0.6) is 0 Å². The molecule has 0 saturated carbocycles. The first-order valence-corrected chi connectivity index (χ1v) is 12.7. The summed E-state index contributed by atoms with van der Waals surface area (Å²) in [6.07, 6.45) is 3.63. The fourth-order valence-electron chi connectivity index (χ4n) is 4.01. The average Bonchev–Trinajstić information content (AvgIpc) is 3.63. The molecule has 1 fully saturated rings. The van der Waals surface area contributed by atoms with E-state index < -0.39 is 6.04 Å². The lowest BCUT2D eigenvalue weighted by Gasteiger charge is -2.24. The number of nitrogens with zero attached hydrogens (tertiary/aromatic N) is 3. The Hall–Kier alpha value is -3.20. The van der Waals surface area contributed by atoms with Crippen molar-refractivity contribution >= 4 is 34.5 Å². The van der Waals surface area contributed by atoms with Crippen LogP contribution in [0.2, 0.25) is 0 Å². The number of benzene rings is 1. The SMILES string of the molecule is CCC(C)C(NC(=O)CCc1nc(-c2cccs2)no1)C(=O)Nc1cccc(N2CCCC2)c1. The molecule has 2 N–H and O–H groups in total. The van der Waals surface area contributed by atoms with E-state index in [2.05, 4.69) is 31.7 Å². The molecule has 4 rings (SSSR count). The Bertz CT molecular complexity index is 1090. The zero-order chi connectivity index (χ0) is 23.9. The lowest BCUT2D eigenvalue weighted by atomic mass is 9.98. The van der Waals surface area contributed by atoms with E-state index in [1.807, 2.05) is 49.6 Å². The molecule has 0 radical (unpaired) electrons. The fraction of sp³-hybridized carbons (Fsp3) is 0.440.